The topological polar surface area (TPSA) is 94.4 Å². The number of halogens is 3. The highest BCUT2D eigenvalue weighted by Crippen LogP contribution is 2.54. The molecule has 7 nitrogen and oxygen atoms in total. The highest BCUT2D eigenvalue weighted by Gasteiger charge is 2.63. The molecule has 1 saturated heterocycles. The summed E-state index contributed by atoms with van der Waals surface area (Å²) in [6.07, 6.45) is 1.87. The Morgan fingerprint density at radius 2 is 2.03 bits per heavy atom. The summed E-state index contributed by atoms with van der Waals surface area (Å²) in [4.78, 5) is 6.54. The Kier molecular flexibility index (Phi) is 5.40. The molecule has 0 amide bonds. The normalized spacial score (nSPS) is 20.6. The molecule has 3 N–H and O–H groups in total. The Hall–Kier alpha value is -2.98. The van der Waals surface area contributed by atoms with Crippen LogP contribution in [0.25, 0.3) is 10.9 Å². The van der Waals surface area contributed by atoms with Gasteiger partial charge in [0.1, 0.15) is 11.4 Å². The molecule has 1 saturated carbocycles. The summed E-state index contributed by atoms with van der Waals surface area (Å²) in [5.74, 6) is -4.39. The van der Waals surface area contributed by atoms with Crippen LogP contribution in [-0.4, -0.2) is 50.2 Å². The van der Waals surface area contributed by atoms with Crippen molar-refractivity contribution in [1.82, 2.24) is 15.2 Å². The maximum absolute atomic E-state index is 15.3. The third-order valence-corrected chi connectivity index (χ3v) is 6.79. The molecule has 0 spiro atoms. The molecule has 10 heteroatoms. The van der Waals surface area contributed by atoms with Crippen LogP contribution in [0.4, 0.5) is 24.7 Å². The van der Waals surface area contributed by atoms with E-state index in [9.17, 15) is 19.0 Å². The second kappa shape index (κ2) is 8.06. The molecule has 180 valence electrons. The number of rotatable bonds is 6. The standard InChI is InChI=1S/C24H26F3N5O2/c1-13(17-4-3-5-19(20(17)25)24(26,27)23(34)7-8-23)29-22-18-10-15(32-9-6-16(33)12-32)11-28-21(18)14(2)30-31-22/h3-5,10-11,13,16,33-34H,6-9,12H2,1-2H3,(H,29,31)/t13-,16+/m1/s1. The summed E-state index contributed by atoms with van der Waals surface area (Å²) < 4.78 is 44.8. The largest absolute Gasteiger partial charge is 0.391 e. The number of hydrogen-bond acceptors (Lipinski definition) is 7. The molecule has 1 aromatic carbocycles. The Bertz CT molecular complexity index is 1250. The number of aliphatic hydroxyl groups is 2. The zero-order valence-electron chi connectivity index (χ0n) is 18.9. The lowest BCUT2D eigenvalue weighted by molar-refractivity contribution is -0.134. The van der Waals surface area contributed by atoms with Crippen LogP contribution in [-0.2, 0) is 5.92 Å². The number of aryl methyl sites for hydroxylation is 1. The molecular weight excluding hydrogens is 447 g/mol. The average Bonchev–Trinajstić information content (AvgIpc) is 3.43. The van der Waals surface area contributed by atoms with Crippen molar-refractivity contribution in [2.24, 2.45) is 0 Å². The molecule has 0 unspecified atom stereocenters. The van der Waals surface area contributed by atoms with E-state index < -0.39 is 35.1 Å². The quantitative estimate of drug-likeness (QED) is 0.501. The zero-order valence-corrected chi connectivity index (χ0v) is 18.9. The molecule has 0 radical (unpaired) electrons. The van der Waals surface area contributed by atoms with Gasteiger partial charge in [0.25, 0.3) is 0 Å². The molecule has 0 bridgehead atoms. The fourth-order valence-corrected chi connectivity index (χ4v) is 4.50. The van der Waals surface area contributed by atoms with Gasteiger partial charge >= 0.3 is 5.92 Å². The van der Waals surface area contributed by atoms with Crippen LogP contribution in [0.1, 0.15) is 49.0 Å². The molecule has 2 aromatic heterocycles. The minimum Gasteiger partial charge on any atom is -0.391 e. The lowest BCUT2D eigenvalue weighted by Gasteiger charge is -2.25. The van der Waals surface area contributed by atoms with Crippen molar-refractivity contribution in [3.8, 4) is 0 Å². The second-order valence-corrected chi connectivity index (χ2v) is 9.29. The highest BCUT2D eigenvalue weighted by molar-refractivity contribution is 5.92. The van der Waals surface area contributed by atoms with Crippen LogP contribution >= 0.6 is 0 Å². The lowest BCUT2D eigenvalue weighted by Crippen LogP contribution is -2.34. The van der Waals surface area contributed by atoms with Crippen LogP contribution in [0, 0.1) is 12.7 Å². The third kappa shape index (κ3) is 3.74. The summed E-state index contributed by atoms with van der Waals surface area (Å²) in [6, 6.07) is 4.98. The number of aromatic nitrogens is 3. The Balaban J connectivity index is 1.49. The van der Waals surface area contributed by atoms with E-state index in [2.05, 4.69) is 20.5 Å². The average molecular weight is 473 g/mol. The van der Waals surface area contributed by atoms with Gasteiger partial charge in [0.2, 0.25) is 0 Å². The number of alkyl halides is 2. The van der Waals surface area contributed by atoms with Gasteiger partial charge in [-0.25, -0.2) is 4.39 Å². The maximum Gasteiger partial charge on any atom is 0.304 e. The predicted octanol–water partition coefficient (Wildman–Crippen LogP) is 3.83. The first-order valence-electron chi connectivity index (χ1n) is 11.3. The van der Waals surface area contributed by atoms with Gasteiger partial charge in [-0.05, 0) is 45.2 Å². The van der Waals surface area contributed by atoms with Crippen molar-refractivity contribution in [3.05, 3.63) is 53.1 Å². The minimum atomic E-state index is -3.68. The van der Waals surface area contributed by atoms with Gasteiger partial charge in [-0.15, -0.1) is 5.10 Å². The number of fused-ring (bicyclic) bond motifs is 1. The SMILES string of the molecule is Cc1nnc(N[C@H](C)c2cccc(C(F)(F)C3(O)CC3)c2F)c2cc(N3CC[C@H](O)C3)cnc12. The zero-order chi connectivity index (χ0) is 24.3. The number of nitrogens with one attached hydrogen (secondary N) is 1. The van der Waals surface area contributed by atoms with Crippen LogP contribution in [0.3, 0.4) is 0 Å². The van der Waals surface area contributed by atoms with Crippen LogP contribution in [0.2, 0.25) is 0 Å². The third-order valence-electron chi connectivity index (χ3n) is 6.79. The van der Waals surface area contributed by atoms with Crippen LogP contribution < -0.4 is 10.2 Å². The van der Waals surface area contributed by atoms with E-state index in [0.29, 0.717) is 41.9 Å². The molecule has 2 aliphatic rings. The Morgan fingerprint density at radius 1 is 1.26 bits per heavy atom. The summed E-state index contributed by atoms with van der Waals surface area (Å²) >= 11 is 0. The van der Waals surface area contributed by atoms with E-state index in [1.165, 1.54) is 12.1 Å². The number of aliphatic hydroxyl groups excluding tert-OH is 1. The molecule has 2 atom stereocenters. The molecular formula is C24H26F3N5O2. The van der Waals surface area contributed by atoms with Crippen molar-refractivity contribution in [3.63, 3.8) is 0 Å². The predicted molar refractivity (Wildman–Crippen MR) is 121 cm³/mol. The first kappa shape index (κ1) is 22.8. The van der Waals surface area contributed by atoms with E-state index in [4.69, 9.17) is 0 Å². The van der Waals surface area contributed by atoms with Crippen molar-refractivity contribution < 1.29 is 23.4 Å². The monoisotopic (exact) mass is 473 g/mol. The van der Waals surface area contributed by atoms with E-state index in [1.54, 1.807) is 20.0 Å². The van der Waals surface area contributed by atoms with Gasteiger partial charge < -0.3 is 20.4 Å². The fourth-order valence-electron chi connectivity index (χ4n) is 4.50. The summed E-state index contributed by atoms with van der Waals surface area (Å²) in [6.45, 7) is 4.63. The number of β-amino-alcohol motifs (C(OH)–C–C–N with tert-alkyl or cyclic N) is 1. The van der Waals surface area contributed by atoms with Gasteiger partial charge in [0.05, 0.1) is 40.8 Å². The molecule has 1 aliphatic heterocycles. The first-order valence-corrected chi connectivity index (χ1v) is 11.3. The van der Waals surface area contributed by atoms with Crippen molar-refractivity contribution >= 4 is 22.4 Å². The van der Waals surface area contributed by atoms with E-state index >= 15 is 4.39 Å². The summed E-state index contributed by atoms with van der Waals surface area (Å²) in [5, 5.41) is 32.0. The van der Waals surface area contributed by atoms with E-state index in [0.717, 1.165) is 11.8 Å². The maximum atomic E-state index is 15.3. The number of hydrogen-bond donors (Lipinski definition) is 3. The van der Waals surface area contributed by atoms with Crippen molar-refractivity contribution in [2.75, 3.05) is 23.3 Å². The van der Waals surface area contributed by atoms with Crippen LogP contribution in [0.5, 0.6) is 0 Å². The van der Waals surface area contributed by atoms with Gasteiger partial charge in [-0.1, -0.05) is 12.1 Å². The minimum absolute atomic E-state index is 0.0312. The number of nitrogens with zero attached hydrogens (tertiary/aromatic N) is 4. The lowest BCUT2D eigenvalue weighted by atomic mass is 9.96. The smallest absolute Gasteiger partial charge is 0.304 e. The van der Waals surface area contributed by atoms with E-state index in [-0.39, 0.29) is 18.4 Å². The second-order valence-electron chi connectivity index (χ2n) is 9.29. The molecule has 5 rings (SSSR count). The molecule has 34 heavy (non-hydrogen) atoms. The Labute approximate surface area is 194 Å². The first-order chi connectivity index (χ1) is 16.1. The van der Waals surface area contributed by atoms with Gasteiger partial charge in [0, 0.05) is 24.0 Å². The Morgan fingerprint density at radius 3 is 2.71 bits per heavy atom. The van der Waals surface area contributed by atoms with Gasteiger partial charge in [0.15, 0.2) is 5.82 Å². The highest BCUT2D eigenvalue weighted by atomic mass is 19.3. The molecule has 1 aliphatic carbocycles. The number of anilines is 2. The molecule has 3 aromatic rings. The number of benzene rings is 1. The summed E-state index contributed by atoms with van der Waals surface area (Å²) in [7, 11) is 0. The van der Waals surface area contributed by atoms with Gasteiger partial charge in [-0.3, -0.25) is 4.98 Å². The molecule has 2 fully saturated rings. The molecule has 3 heterocycles. The fraction of sp³-hybridized carbons (Fsp3) is 0.458. The van der Waals surface area contributed by atoms with Crippen molar-refractivity contribution in [2.45, 2.75) is 56.8 Å². The van der Waals surface area contributed by atoms with Crippen molar-refractivity contribution in [1.29, 1.82) is 0 Å². The van der Waals surface area contributed by atoms with Crippen LogP contribution in [0.15, 0.2) is 30.5 Å². The number of pyridine rings is 1. The summed E-state index contributed by atoms with van der Waals surface area (Å²) in [5.41, 5.74) is -0.916. The van der Waals surface area contributed by atoms with Gasteiger partial charge in [-0.2, -0.15) is 13.9 Å². The van der Waals surface area contributed by atoms with E-state index in [1.807, 2.05) is 11.0 Å².